The summed E-state index contributed by atoms with van der Waals surface area (Å²) in [6.45, 7) is 3.62. The van der Waals surface area contributed by atoms with Crippen molar-refractivity contribution in [3.63, 3.8) is 0 Å². The molecule has 1 aromatic carbocycles. The van der Waals surface area contributed by atoms with Gasteiger partial charge in [0.2, 0.25) is 10.0 Å². The first-order chi connectivity index (χ1) is 9.59. The van der Waals surface area contributed by atoms with Crippen LogP contribution in [0.4, 0.5) is 0 Å². The lowest BCUT2D eigenvalue weighted by Crippen LogP contribution is -2.41. The molecule has 2 rings (SSSR count). The fraction of sp³-hybridized carbons (Fsp3) is 0.500. The first-order valence-electron chi connectivity index (χ1n) is 6.82. The zero-order chi connectivity index (χ0) is 14.6. The molecule has 0 saturated carbocycles. The summed E-state index contributed by atoms with van der Waals surface area (Å²) in [5.74, 6) is 0. The fourth-order valence-corrected chi connectivity index (χ4v) is 4.11. The summed E-state index contributed by atoms with van der Waals surface area (Å²) in [6, 6.07) is 8.52. The Morgan fingerprint density at radius 1 is 1.45 bits per heavy atom. The van der Waals surface area contributed by atoms with Crippen LogP contribution in [0.2, 0.25) is 0 Å². The minimum atomic E-state index is -3.61. The van der Waals surface area contributed by atoms with E-state index < -0.39 is 10.0 Å². The Morgan fingerprint density at radius 3 is 2.80 bits per heavy atom. The van der Waals surface area contributed by atoms with Gasteiger partial charge in [0.05, 0.1) is 10.5 Å². The van der Waals surface area contributed by atoms with Crippen LogP contribution in [0, 0.1) is 11.3 Å². The Bertz CT molecular complexity index is 601. The van der Waals surface area contributed by atoms with E-state index in [9.17, 15) is 8.42 Å². The fourth-order valence-electron chi connectivity index (χ4n) is 2.48. The molecule has 0 radical (unpaired) electrons. The Labute approximate surface area is 120 Å². The van der Waals surface area contributed by atoms with Gasteiger partial charge in [0.25, 0.3) is 0 Å². The third-order valence-corrected chi connectivity index (χ3v) is 5.56. The Kier molecular flexibility index (Phi) is 4.76. The number of rotatable bonds is 5. The van der Waals surface area contributed by atoms with Crippen molar-refractivity contribution in [2.45, 2.75) is 30.7 Å². The van der Waals surface area contributed by atoms with E-state index in [2.05, 4.69) is 5.32 Å². The molecule has 5 nitrogen and oxygen atoms in total. The zero-order valence-corrected chi connectivity index (χ0v) is 12.4. The molecule has 1 heterocycles. The van der Waals surface area contributed by atoms with Crippen molar-refractivity contribution in [1.82, 2.24) is 9.62 Å². The monoisotopic (exact) mass is 293 g/mol. The van der Waals surface area contributed by atoms with Crippen LogP contribution in [-0.4, -0.2) is 38.4 Å². The van der Waals surface area contributed by atoms with Crippen LogP contribution in [-0.2, 0) is 10.0 Å². The maximum absolute atomic E-state index is 12.7. The largest absolute Gasteiger partial charge is 0.313 e. The normalized spacial score (nSPS) is 19.1. The molecule has 6 heteroatoms. The molecular weight excluding hydrogens is 274 g/mol. The lowest BCUT2D eigenvalue weighted by molar-refractivity contribution is 0.383. The van der Waals surface area contributed by atoms with Crippen molar-refractivity contribution in [3.8, 4) is 6.07 Å². The molecule has 1 fully saturated rings. The van der Waals surface area contributed by atoms with Crippen molar-refractivity contribution in [1.29, 1.82) is 5.26 Å². The summed E-state index contributed by atoms with van der Waals surface area (Å²) in [5, 5.41) is 12.4. The van der Waals surface area contributed by atoms with E-state index in [1.807, 2.05) is 13.0 Å². The van der Waals surface area contributed by atoms with Crippen molar-refractivity contribution in [3.05, 3.63) is 29.8 Å². The van der Waals surface area contributed by atoms with E-state index in [4.69, 9.17) is 5.26 Å². The molecule has 1 atom stereocenters. The first kappa shape index (κ1) is 15.0. The molecule has 1 saturated heterocycles. The van der Waals surface area contributed by atoms with Gasteiger partial charge in [-0.2, -0.15) is 9.57 Å². The Hall–Kier alpha value is -1.42. The molecule has 1 aromatic rings. The molecule has 1 aliphatic rings. The van der Waals surface area contributed by atoms with Crippen LogP contribution in [0.25, 0.3) is 0 Å². The van der Waals surface area contributed by atoms with Gasteiger partial charge in [-0.05, 0) is 31.5 Å². The minimum Gasteiger partial charge on any atom is -0.313 e. The molecular formula is C14H19N3O2S. The first-order valence-corrected chi connectivity index (χ1v) is 8.26. The summed E-state index contributed by atoms with van der Waals surface area (Å²) >= 11 is 0. The summed E-state index contributed by atoms with van der Waals surface area (Å²) in [5.41, 5.74) is 0.199. The number of likely N-dealkylation sites (N-methyl/N-ethyl adjacent to an activating group) is 1. The average Bonchev–Trinajstić information content (AvgIpc) is 2.97. The summed E-state index contributed by atoms with van der Waals surface area (Å²) in [4.78, 5) is 0.0994. The number of hydrogen-bond acceptors (Lipinski definition) is 4. The molecule has 108 valence electrons. The number of nitrogens with zero attached hydrogens (tertiary/aromatic N) is 2. The highest BCUT2D eigenvalue weighted by atomic mass is 32.2. The molecule has 1 aliphatic heterocycles. The molecule has 0 aromatic heterocycles. The molecule has 1 N–H and O–H groups in total. The number of benzene rings is 1. The number of nitriles is 1. The Morgan fingerprint density at radius 2 is 2.20 bits per heavy atom. The molecule has 0 amide bonds. The molecule has 0 spiro atoms. The summed E-state index contributed by atoms with van der Waals surface area (Å²) in [7, 11) is -3.61. The second-order valence-electron chi connectivity index (χ2n) is 4.86. The highest BCUT2D eigenvalue weighted by molar-refractivity contribution is 7.89. The van der Waals surface area contributed by atoms with Gasteiger partial charge in [-0.25, -0.2) is 8.42 Å². The van der Waals surface area contributed by atoms with Crippen LogP contribution in [0.15, 0.2) is 29.2 Å². The highest BCUT2D eigenvalue weighted by Crippen LogP contribution is 2.20. The van der Waals surface area contributed by atoms with Gasteiger partial charge in [0.15, 0.2) is 0 Å². The zero-order valence-electron chi connectivity index (χ0n) is 11.5. The van der Waals surface area contributed by atoms with Crippen molar-refractivity contribution >= 4 is 10.0 Å². The summed E-state index contributed by atoms with van der Waals surface area (Å²) in [6.07, 6.45) is 2.07. The number of nitrogens with one attached hydrogen (secondary N) is 1. The van der Waals surface area contributed by atoms with Crippen LogP contribution < -0.4 is 5.32 Å². The second-order valence-corrected chi connectivity index (χ2v) is 6.76. The van der Waals surface area contributed by atoms with Crippen molar-refractivity contribution in [2.24, 2.45) is 0 Å². The molecule has 1 unspecified atom stereocenters. The highest BCUT2D eigenvalue weighted by Gasteiger charge is 2.28. The van der Waals surface area contributed by atoms with Crippen LogP contribution in [0.3, 0.4) is 0 Å². The molecule has 0 aliphatic carbocycles. The third kappa shape index (κ3) is 3.01. The SMILES string of the molecule is CCN(CC1CCCN1)S(=O)(=O)c1ccccc1C#N. The standard InChI is InChI=1S/C14H19N3O2S/c1-2-17(11-13-7-5-9-16-13)20(18,19)14-8-4-3-6-12(14)10-15/h3-4,6,8,13,16H,2,5,7,9,11H2,1H3. The van der Waals surface area contributed by atoms with Crippen LogP contribution >= 0.6 is 0 Å². The van der Waals surface area contributed by atoms with Crippen LogP contribution in [0.1, 0.15) is 25.3 Å². The van der Waals surface area contributed by atoms with E-state index in [-0.39, 0.29) is 16.5 Å². The van der Waals surface area contributed by atoms with E-state index in [1.165, 1.54) is 16.4 Å². The molecule has 20 heavy (non-hydrogen) atoms. The number of sulfonamides is 1. The van der Waals surface area contributed by atoms with Gasteiger partial charge in [0, 0.05) is 19.1 Å². The smallest absolute Gasteiger partial charge is 0.244 e. The van der Waals surface area contributed by atoms with Crippen molar-refractivity contribution in [2.75, 3.05) is 19.6 Å². The maximum Gasteiger partial charge on any atom is 0.244 e. The average molecular weight is 293 g/mol. The van der Waals surface area contributed by atoms with Gasteiger partial charge in [0.1, 0.15) is 6.07 Å². The van der Waals surface area contributed by atoms with Gasteiger partial charge in [-0.15, -0.1) is 0 Å². The lowest BCUT2D eigenvalue weighted by atomic mass is 10.2. The van der Waals surface area contributed by atoms with E-state index >= 15 is 0 Å². The molecule has 0 bridgehead atoms. The second kappa shape index (κ2) is 6.35. The van der Waals surface area contributed by atoms with Crippen LogP contribution in [0.5, 0.6) is 0 Å². The van der Waals surface area contributed by atoms with E-state index in [1.54, 1.807) is 12.1 Å². The number of hydrogen-bond donors (Lipinski definition) is 1. The predicted molar refractivity (Wildman–Crippen MR) is 76.6 cm³/mol. The predicted octanol–water partition coefficient (Wildman–Crippen LogP) is 1.32. The van der Waals surface area contributed by atoms with E-state index in [0.717, 1.165) is 19.4 Å². The lowest BCUT2D eigenvalue weighted by Gasteiger charge is -2.24. The van der Waals surface area contributed by atoms with Crippen molar-refractivity contribution < 1.29 is 8.42 Å². The van der Waals surface area contributed by atoms with Gasteiger partial charge < -0.3 is 5.32 Å². The Balaban J connectivity index is 2.29. The van der Waals surface area contributed by atoms with E-state index in [0.29, 0.717) is 13.1 Å². The topological polar surface area (TPSA) is 73.2 Å². The quantitative estimate of drug-likeness (QED) is 0.888. The maximum atomic E-state index is 12.7. The van der Waals surface area contributed by atoms with Gasteiger partial charge >= 0.3 is 0 Å². The third-order valence-electron chi connectivity index (χ3n) is 3.56. The van der Waals surface area contributed by atoms with Gasteiger partial charge in [-0.3, -0.25) is 0 Å². The summed E-state index contributed by atoms with van der Waals surface area (Å²) < 4.78 is 26.8. The van der Waals surface area contributed by atoms with Gasteiger partial charge in [-0.1, -0.05) is 19.1 Å². The minimum absolute atomic E-state index is 0.0994.